The van der Waals surface area contributed by atoms with Crippen molar-refractivity contribution in [1.82, 2.24) is 0 Å². The molecule has 0 aliphatic heterocycles. The summed E-state index contributed by atoms with van der Waals surface area (Å²) < 4.78 is 37.4. The number of hydrogen-bond acceptors (Lipinski definition) is 4. The van der Waals surface area contributed by atoms with Gasteiger partial charge in [0.15, 0.2) is 9.84 Å². The Bertz CT molecular complexity index is 591. The van der Waals surface area contributed by atoms with Crippen LogP contribution >= 0.6 is 0 Å². The summed E-state index contributed by atoms with van der Waals surface area (Å²) in [5.41, 5.74) is 9.75. The second-order valence-corrected chi connectivity index (χ2v) is 7.26. The highest BCUT2D eigenvalue weighted by atomic mass is 32.2. The molecule has 0 saturated carbocycles. The van der Waals surface area contributed by atoms with Gasteiger partial charge in [-0.15, -0.1) is 0 Å². The summed E-state index contributed by atoms with van der Waals surface area (Å²) in [6.07, 6.45) is 0. The van der Waals surface area contributed by atoms with Crippen molar-refractivity contribution in [2.24, 2.45) is 11.5 Å². The average molecular weight is 288 g/mol. The minimum absolute atomic E-state index is 0.00203. The summed E-state index contributed by atoms with van der Waals surface area (Å²) in [5.74, 6) is -2.25. The van der Waals surface area contributed by atoms with E-state index in [1.165, 1.54) is 12.1 Å². The van der Waals surface area contributed by atoms with Crippen molar-refractivity contribution in [3.05, 3.63) is 35.1 Å². The minimum atomic E-state index is -3.53. The zero-order chi connectivity index (χ0) is 14.8. The number of hydrogen-bond donors (Lipinski definition) is 2. The lowest BCUT2D eigenvalue weighted by Crippen LogP contribution is -2.40. The second-order valence-electron chi connectivity index (χ2n) is 5.19. The third kappa shape index (κ3) is 4.96. The van der Waals surface area contributed by atoms with Crippen LogP contribution in [0.2, 0.25) is 0 Å². The van der Waals surface area contributed by atoms with Gasteiger partial charge in [0.25, 0.3) is 0 Å². The topological polar surface area (TPSA) is 103 Å². The molecular formula is C12H17FN2O3S. The summed E-state index contributed by atoms with van der Waals surface area (Å²) in [6.45, 7) is 3.16. The van der Waals surface area contributed by atoms with Gasteiger partial charge in [0.1, 0.15) is 5.82 Å². The Morgan fingerprint density at radius 3 is 2.37 bits per heavy atom. The van der Waals surface area contributed by atoms with E-state index < -0.39 is 32.9 Å². The first-order valence-corrected chi connectivity index (χ1v) is 7.40. The van der Waals surface area contributed by atoms with Crippen LogP contribution in [0.15, 0.2) is 18.2 Å². The molecule has 0 spiro atoms. The number of amides is 1. The quantitative estimate of drug-likeness (QED) is 0.827. The Morgan fingerprint density at radius 1 is 1.37 bits per heavy atom. The largest absolute Gasteiger partial charge is 0.366 e. The Morgan fingerprint density at radius 2 is 1.95 bits per heavy atom. The summed E-state index contributed by atoms with van der Waals surface area (Å²) in [7, 11) is -3.53. The standard InChI is InChI=1S/C12H17FN2O3S/c1-12(2,15)7-19(17,18)6-9-4-3-8(11(14)16)5-10(9)13/h3-5H,6-7,15H2,1-2H3,(H2,14,16). The van der Waals surface area contributed by atoms with E-state index >= 15 is 0 Å². The molecule has 1 aromatic rings. The van der Waals surface area contributed by atoms with Crippen LogP contribution in [-0.2, 0) is 15.6 Å². The average Bonchev–Trinajstić information content (AvgIpc) is 2.16. The van der Waals surface area contributed by atoms with E-state index in [1.807, 2.05) is 0 Å². The van der Waals surface area contributed by atoms with Crippen LogP contribution in [0.3, 0.4) is 0 Å². The molecule has 0 fully saturated rings. The molecule has 0 aromatic heterocycles. The van der Waals surface area contributed by atoms with Crippen LogP contribution in [0.4, 0.5) is 4.39 Å². The molecule has 7 heteroatoms. The Labute approximate surface area is 111 Å². The number of halogens is 1. The molecule has 1 amide bonds. The summed E-state index contributed by atoms with van der Waals surface area (Å²) >= 11 is 0. The molecule has 0 saturated heterocycles. The first-order valence-electron chi connectivity index (χ1n) is 5.58. The highest BCUT2D eigenvalue weighted by Crippen LogP contribution is 2.16. The molecule has 0 aliphatic rings. The SMILES string of the molecule is CC(C)(N)CS(=O)(=O)Cc1ccc(C(N)=O)cc1F. The van der Waals surface area contributed by atoms with Gasteiger partial charge in [-0.2, -0.15) is 0 Å². The molecule has 1 aromatic carbocycles. The zero-order valence-electron chi connectivity index (χ0n) is 10.8. The van der Waals surface area contributed by atoms with E-state index in [0.717, 1.165) is 6.07 Å². The lowest BCUT2D eigenvalue weighted by atomic mass is 10.1. The maximum absolute atomic E-state index is 13.7. The molecule has 0 bridgehead atoms. The second kappa shape index (κ2) is 5.26. The summed E-state index contributed by atoms with van der Waals surface area (Å²) in [5, 5.41) is 0. The zero-order valence-corrected chi connectivity index (χ0v) is 11.6. The van der Waals surface area contributed by atoms with E-state index in [1.54, 1.807) is 13.8 Å². The van der Waals surface area contributed by atoms with Crippen LogP contribution in [0.25, 0.3) is 0 Å². The molecular weight excluding hydrogens is 271 g/mol. The van der Waals surface area contributed by atoms with Gasteiger partial charge in [-0.1, -0.05) is 6.07 Å². The normalized spacial score (nSPS) is 12.4. The van der Waals surface area contributed by atoms with Crippen LogP contribution < -0.4 is 11.5 Å². The molecule has 106 valence electrons. The predicted octanol–water partition coefficient (Wildman–Crippen LogP) is 0.577. The van der Waals surface area contributed by atoms with Crippen LogP contribution in [-0.4, -0.2) is 25.6 Å². The molecule has 0 atom stereocenters. The Hall–Kier alpha value is -1.47. The number of carbonyl (C=O) groups excluding carboxylic acids is 1. The smallest absolute Gasteiger partial charge is 0.248 e. The van der Waals surface area contributed by atoms with Crippen molar-refractivity contribution in [3.8, 4) is 0 Å². The Kier molecular flexibility index (Phi) is 4.32. The number of carbonyl (C=O) groups is 1. The fourth-order valence-corrected chi connectivity index (χ4v) is 3.62. The molecule has 0 radical (unpaired) electrons. The molecule has 19 heavy (non-hydrogen) atoms. The van der Waals surface area contributed by atoms with Crippen molar-refractivity contribution in [2.75, 3.05) is 5.75 Å². The minimum Gasteiger partial charge on any atom is -0.366 e. The number of benzene rings is 1. The molecule has 0 unspecified atom stereocenters. The van der Waals surface area contributed by atoms with Gasteiger partial charge in [-0.05, 0) is 26.0 Å². The van der Waals surface area contributed by atoms with E-state index in [4.69, 9.17) is 11.5 Å². The molecule has 0 aliphatic carbocycles. The Balaban J connectivity index is 2.98. The fourth-order valence-electron chi connectivity index (χ4n) is 1.67. The number of sulfone groups is 1. The van der Waals surface area contributed by atoms with Gasteiger partial charge in [0, 0.05) is 16.7 Å². The van der Waals surface area contributed by atoms with Gasteiger partial charge in [-0.25, -0.2) is 12.8 Å². The monoisotopic (exact) mass is 288 g/mol. The highest BCUT2D eigenvalue weighted by Gasteiger charge is 2.23. The molecule has 1 rings (SSSR count). The first-order chi connectivity index (χ1) is 8.50. The predicted molar refractivity (Wildman–Crippen MR) is 70.7 cm³/mol. The lowest BCUT2D eigenvalue weighted by molar-refractivity contribution is 0.1000. The van der Waals surface area contributed by atoms with Crippen molar-refractivity contribution in [3.63, 3.8) is 0 Å². The highest BCUT2D eigenvalue weighted by molar-refractivity contribution is 7.90. The maximum Gasteiger partial charge on any atom is 0.248 e. The van der Waals surface area contributed by atoms with Crippen LogP contribution in [0, 0.1) is 5.82 Å². The van der Waals surface area contributed by atoms with E-state index in [2.05, 4.69) is 0 Å². The van der Waals surface area contributed by atoms with E-state index in [9.17, 15) is 17.6 Å². The third-order valence-electron chi connectivity index (χ3n) is 2.30. The number of primary amides is 1. The first kappa shape index (κ1) is 15.6. The number of rotatable bonds is 5. The van der Waals surface area contributed by atoms with Gasteiger partial charge < -0.3 is 11.5 Å². The fraction of sp³-hybridized carbons (Fsp3) is 0.417. The van der Waals surface area contributed by atoms with E-state index in [0.29, 0.717) is 0 Å². The van der Waals surface area contributed by atoms with Crippen LogP contribution in [0.5, 0.6) is 0 Å². The molecule has 0 heterocycles. The summed E-state index contributed by atoms with van der Waals surface area (Å²) in [4.78, 5) is 10.9. The van der Waals surface area contributed by atoms with Crippen molar-refractivity contribution in [2.45, 2.75) is 25.1 Å². The third-order valence-corrected chi connectivity index (χ3v) is 4.24. The van der Waals surface area contributed by atoms with Gasteiger partial charge >= 0.3 is 0 Å². The lowest BCUT2D eigenvalue weighted by Gasteiger charge is -2.18. The van der Waals surface area contributed by atoms with Gasteiger partial charge in [-0.3, -0.25) is 4.79 Å². The molecule has 4 N–H and O–H groups in total. The van der Waals surface area contributed by atoms with E-state index in [-0.39, 0.29) is 16.9 Å². The van der Waals surface area contributed by atoms with Crippen molar-refractivity contribution < 1.29 is 17.6 Å². The van der Waals surface area contributed by atoms with Gasteiger partial charge in [0.2, 0.25) is 5.91 Å². The molecule has 5 nitrogen and oxygen atoms in total. The van der Waals surface area contributed by atoms with Crippen molar-refractivity contribution in [1.29, 1.82) is 0 Å². The number of nitrogens with two attached hydrogens (primary N) is 2. The summed E-state index contributed by atoms with van der Waals surface area (Å²) in [6, 6.07) is 3.47. The van der Waals surface area contributed by atoms with Crippen LogP contribution in [0.1, 0.15) is 29.8 Å². The maximum atomic E-state index is 13.7. The van der Waals surface area contributed by atoms with Gasteiger partial charge in [0.05, 0.1) is 11.5 Å². The van der Waals surface area contributed by atoms with Crippen molar-refractivity contribution >= 4 is 15.7 Å².